The van der Waals surface area contributed by atoms with E-state index in [4.69, 9.17) is 14.2 Å². The van der Waals surface area contributed by atoms with Gasteiger partial charge in [-0.1, -0.05) is 39.8 Å². The average molecular weight is 537 g/mol. The van der Waals surface area contributed by atoms with Crippen molar-refractivity contribution in [1.29, 1.82) is 0 Å². The summed E-state index contributed by atoms with van der Waals surface area (Å²) in [4.78, 5) is 3.09. The number of aryl methyl sites for hydroxylation is 1. The fourth-order valence-electron chi connectivity index (χ4n) is 6.36. The molecule has 4 aliphatic rings. The Balaban J connectivity index is 1.37. The van der Waals surface area contributed by atoms with E-state index in [1.165, 1.54) is 17.0 Å². The van der Waals surface area contributed by atoms with Crippen molar-refractivity contribution < 1.29 is 24.0 Å². The molecule has 5 rings (SSSR count). The standard InChI is InChI=1S/C32H46N4O3/c1-23-15-29(34-25-17-27(22-32(4,5)20-25)36-9-13-39-14-10-36)30(37-6)18-28(23)33-24-16-26(21-31(2,3)19-24)35-7-11-38-12-8-35/h15-20,33-34H,7-14,21-22H2,1-6H3/p+2. The highest BCUT2D eigenvalue weighted by Gasteiger charge is 2.31. The van der Waals surface area contributed by atoms with Crippen LogP contribution in [0.3, 0.4) is 0 Å². The fraction of sp³-hybridized carbons (Fsp3) is 0.562. The van der Waals surface area contributed by atoms with Crippen molar-refractivity contribution in [2.75, 3.05) is 70.3 Å². The van der Waals surface area contributed by atoms with Crippen molar-refractivity contribution in [1.82, 2.24) is 0 Å². The molecule has 0 atom stereocenters. The Hall–Kier alpha value is -2.58. The van der Waals surface area contributed by atoms with Crippen molar-refractivity contribution in [3.8, 4) is 5.75 Å². The van der Waals surface area contributed by atoms with Gasteiger partial charge < -0.3 is 34.6 Å². The van der Waals surface area contributed by atoms with E-state index in [-0.39, 0.29) is 10.8 Å². The lowest BCUT2D eigenvalue weighted by atomic mass is 9.82. The first kappa shape index (κ1) is 28.0. The summed E-state index contributed by atoms with van der Waals surface area (Å²) in [6, 6.07) is 4.33. The van der Waals surface area contributed by atoms with Crippen LogP contribution in [0.4, 0.5) is 11.4 Å². The van der Waals surface area contributed by atoms with Crippen molar-refractivity contribution in [3.05, 3.63) is 64.8 Å². The minimum atomic E-state index is 0.0915. The monoisotopic (exact) mass is 536 g/mol. The summed E-state index contributed by atoms with van der Waals surface area (Å²) in [5, 5.41) is 7.44. The molecule has 0 unspecified atom stereocenters. The Morgan fingerprint density at radius 2 is 1.18 bits per heavy atom. The molecule has 7 heteroatoms. The van der Waals surface area contributed by atoms with Gasteiger partial charge in [0.25, 0.3) is 0 Å². The lowest BCUT2D eigenvalue weighted by Crippen LogP contribution is -3.12. The van der Waals surface area contributed by atoms with Gasteiger partial charge in [0.2, 0.25) is 0 Å². The zero-order valence-electron chi connectivity index (χ0n) is 24.8. The number of hydrogen-bond acceptors (Lipinski definition) is 5. The first-order chi connectivity index (χ1) is 18.6. The topological polar surface area (TPSA) is 60.6 Å². The molecule has 7 nitrogen and oxygen atoms in total. The van der Waals surface area contributed by atoms with Crippen LogP contribution in [-0.2, 0) is 9.47 Å². The zero-order valence-corrected chi connectivity index (χ0v) is 24.8. The van der Waals surface area contributed by atoms with Crippen LogP contribution in [0.1, 0.15) is 46.1 Å². The summed E-state index contributed by atoms with van der Waals surface area (Å²) in [5.74, 6) is 0.833. The van der Waals surface area contributed by atoms with E-state index in [2.05, 4.69) is 81.7 Å². The molecule has 0 amide bonds. The number of benzene rings is 1. The fourth-order valence-corrected chi connectivity index (χ4v) is 6.36. The van der Waals surface area contributed by atoms with Gasteiger partial charge in [-0.25, -0.2) is 0 Å². The number of methoxy groups -OCH3 is 1. The van der Waals surface area contributed by atoms with Crippen LogP contribution in [0, 0.1) is 17.8 Å². The Morgan fingerprint density at radius 3 is 1.64 bits per heavy atom. The summed E-state index contributed by atoms with van der Waals surface area (Å²) in [5.41, 5.74) is 8.64. The second-order valence-corrected chi connectivity index (χ2v) is 12.9. The van der Waals surface area contributed by atoms with Gasteiger partial charge in [-0.3, -0.25) is 0 Å². The third-order valence-corrected chi connectivity index (χ3v) is 8.25. The highest BCUT2D eigenvalue weighted by molar-refractivity contribution is 5.71. The third-order valence-electron chi connectivity index (χ3n) is 8.25. The molecule has 2 saturated heterocycles. The summed E-state index contributed by atoms with van der Waals surface area (Å²) >= 11 is 0. The normalized spacial score (nSPS) is 23.7. The second kappa shape index (κ2) is 11.5. The first-order valence-electron chi connectivity index (χ1n) is 14.6. The number of nitrogens with one attached hydrogen (secondary N) is 4. The van der Waals surface area contributed by atoms with Crippen LogP contribution in [0.5, 0.6) is 5.75 Å². The van der Waals surface area contributed by atoms with Gasteiger partial charge in [-0.2, -0.15) is 0 Å². The van der Waals surface area contributed by atoms with Gasteiger partial charge in [0, 0.05) is 48.1 Å². The number of allylic oxidation sites excluding steroid dienone is 6. The molecular weight excluding hydrogens is 488 g/mol. The molecular formula is C32H48N4O3+2. The highest BCUT2D eigenvalue weighted by Crippen LogP contribution is 2.37. The summed E-state index contributed by atoms with van der Waals surface area (Å²) in [6.07, 6.45) is 11.5. The van der Waals surface area contributed by atoms with Gasteiger partial charge in [-0.15, -0.1) is 0 Å². The Bertz CT molecular complexity index is 1180. The lowest BCUT2D eigenvalue weighted by Gasteiger charge is -2.33. The smallest absolute Gasteiger partial charge is 0.144 e. The van der Waals surface area contributed by atoms with E-state index in [1.807, 2.05) is 0 Å². The maximum atomic E-state index is 5.90. The van der Waals surface area contributed by atoms with Gasteiger partial charge in [0.05, 0.1) is 39.2 Å². The minimum Gasteiger partial charge on any atom is -0.494 e. The largest absolute Gasteiger partial charge is 0.494 e. The number of hydrogen-bond donors (Lipinski definition) is 4. The van der Waals surface area contributed by atoms with E-state index in [9.17, 15) is 0 Å². The molecule has 0 spiro atoms. The summed E-state index contributed by atoms with van der Waals surface area (Å²) < 4.78 is 17.1. The SMILES string of the molecule is COc1cc(NC2=CC(C)(C)CC([NH+]3CCOCC3)=C2)c(C)cc1NC1=CC(C)(C)CC([NH+]2CCOCC2)=C1. The van der Waals surface area contributed by atoms with Gasteiger partial charge >= 0.3 is 0 Å². The van der Waals surface area contributed by atoms with Crippen LogP contribution in [0.15, 0.2) is 59.2 Å². The molecule has 0 radical (unpaired) electrons. The quantitative estimate of drug-likeness (QED) is 0.432. The summed E-state index contributed by atoms with van der Waals surface area (Å²) in [6.45, 7) is 18.9. The van der Waals surface area contributed by atoms with Crippen LogP contribution in [-0.4, -0.2) is 59.7 Å². The molecule has 2 aliphatic heterocycles. The number of ether oxygens (including phenoxy) is 3. The zero-order chi connectivity index (χ0) is 27.6. The highest BCUT2D eigenvalue weighted by atomic mass is 16.5. The van der Waals surface area contributed by atoms with Crippen molar-refractivity contribution >= 4 is 11.4 Å². The predicted octanol–water partition coefficient (Wildman–Crippen LogP) is 3.05. The maximum Gasteiger partial charge on any atom is 0.144 e. The van der Waals surface area contributed by atoms with Crippen molar-refractivity contribution in [3.63, 3.8) is 0 Å². The maximum absolute atomic E-state index is 5.90. The first-order valence-corrected chi connectivity index (χ1v) is 14.6. The van der Waals surface area contributed by atoms with Crippen LogP contribution in [0.2, 0.25) is 0 Å². The Labute approximate surface area is 234 Å². The number of rotatable bonds is 7. The number of anilines is 2. The average Bonchev–Trinajstić information content (AvgIpc) is 2.89. The molecule has 2 heterocycles. The molecule has 1 aromatic rings. The van der Waals surface area contributed by atoms with Gasteiger partial charge in [0.15, 0.2) is 0 Å². The Morgan fingerprint density at radius 1 is 0.718 bits per heavy atom. The number of morpholine rings is 2. The predicted molar refractivity (Wildman–Crippen MR) is 157 cm³/mol. The molecule has 0 bridgehead atoms. The molecule has 2 aliphatic carbocycles. The molecule has 39 heavy (non-hydrogen) atoms. The second-order valence-electron chi connectivity index (χ2n) is 12.9. The summed E-state index contributed by atoms with van der Waals surface area (Å²) in [7, 11) is 1.75. The minimum absolute atomic E-state index is 0.0915. The molecule has 2 fully saturated rings. The van der Waals surface area contributed by atoms with Gasteiger partial charge in [0.1, 0.15) is 43.3 Å². The Kier molecular flexibility index (Phi) is 8.24. The van der Waals surface area contributed by atoms with Crippen molar-refractivity contribution in [2.24, 2.45) is 10.8 Å². The van der Waals surface area contributed by atoms with E-state index >= 15 is 0 Å². The van der Waals surface area contributed by atoms with Crippen LogP contribution < -0.4 is 25.2 Å². The molecule has 1 aromatic carbocycles. The molecule has 0 aromatic heterocycles. The van der Waals surface area contributed by atoms with E-state index in [0.717, 1.165) is 94.0 Å². The van der Waals surface area contributed by atoms with Crippen molar-refractivity contribution in [2.45, 2.75) is 47.5 Å². The number of quaternary nitrogens is 2. The molecule has 4 N–H and O–H groups in total. The van der Waals surface area contributed by atoms with E-state index in [1.54, 1.807) is 16.9 Å². The molecule has 212 valence electrons. The molecule has 0 saturated carbocycles. The van der Waals surface area contributed by atoms with Crippen LogP contribution in [0.25, 0.3) is 0 Å². The third kappa shape index (κ3) is 6.95. The van der Waals surface area contributed by atoms with E-state index < -0.39 is 0 Å². The lowest BCUT2D eigenvalue weighted by molar-refractivity contribution is -0.871. The van der Waals surface area contributed by atoms with Gasteiger partial charge in [-0.05, 0) is 29.4 Å². The van der Waals surface area contributed by atoms with Crippen LogP contribution >= 0.6 is 0 Å². The van der Waals surface area contributed by atoms with E-state index in [0.29, 0.717) is 0 Å².